The number of aliphatic carboxylic acids is 1. The number of halogens is 13. The molecule has 0 unspecified atom stereocenters. The molecule has 5 aromatic carbocycles. The van der Waals surface area contributed by atoms with E-state index in [1.807, 2.05) is 0 Å². The molecule has 0 aromatic heterocycles. The molecule has 0 fully saturated rings. The van der Waals surface area contributed by atoms with Crippen LogP contribution in [0.1, 0.15) is 161 Å². The second-order valence-electron chi connectivity index (χ2n) is 20.3. The van der Waals surface area contributed by atoms with Crippen molar-refractivity contribution in [3.05, 3.63) is 169 Å². The number of nitrogens with one attached hydrogen (secondary N) is 2. The average Bonchev–Trinajstić information content (AvgIpc) is 2.44. The smallest absolute Gasteiger partial charge is 0.416 e. The Bertz CT molecular complexity index is 3280. The summed E-state index contributed by atoms with van der Waals surface area (Å²) in [6, 6.07) is 15.6. The van der Waals surface area contributed by atoms with Gasteiger partial charge in [-0.05, 0) is 176 Å². The number of carboxylic acids is 1. The number of nitrogens with two attached hydrogens (primary N) is 1. The molecule has 84 heavy (non-hydrogen) atoms. The number of fused-ring (bicyclic) bond motifs is 2. The molecule has 2 amide bonds. The summed E-state index contributed by atoms with van der Waals surface area (Å²) in [5.74, 6) is -2.82. The first kappa shape index (κ1) is 65.0. The highest BCUT2D eigenvalue weighted by Gasteiger charge is 2.39. The van der Waals surface area contributed by atoms with Crippen molar-refractivity contribution < 1.29 is 90.9 Å². The number of benzene rings is 5. The van der Waals surface area contributed by atoms with Crippen molar-refractivity contribution in [2.24, 2.45) is 0 Å². The largest absolute Gasteiger partial charge is 0.481 e. The minimum absolute atomic E-state index is 0.00389. The second kappa shape index (κ2) is 28.0. The Morgan fingerprint density at radius 3 is 1.23 bits per heavy atom. The van der Waals surface area contributed by atoms with Gasteiger partial charge in [-0.25, -0.2) is 4.39 Å². The predicted octanol–water partition coefficient (Wildman–Crippen LogP) is 16.0. The van der Waals surface area contributed by atoms with Crippen molar-refractivity contribution in [3.8, 4) is 0 Å². The summed E-state index contributed by atoms with van der Waals surface area (Å²) >= 11 is 0. The van der Waals surface area contributed by atoms with Gasteiger partial charge in [0.2, 0.25) is 11.8 Å². The Labute approximate surface area is 473 Å². The topological polar surface area (TPSA) is 173 Å². The van der Waals surface area contributed by atoms with E-state index in [1.54, 1.807) is 12.1 Å². The van der Waals surface area contributed by atoms with Crippen LogP contribution in [-0.4, -0.2) is 40.2 Å². The van der Waals surface area contributed by atoms with E-state index in [0.29, 0.717) is 110 Å². The number of Topliss-reactive ketones (excluding diaryl/α,β-unsaturated/α-hetero) is 3. The van der Waals surface area contributed by atoms with Crippen molar-refractivity contribution >= 4 is 64.3 Å². The molecule has 0 aliphatic heterocycles. The standard InChI is InChI=1S/C34H31F7N2O3.C27H25F6NO4/c35-26-10-9-22(30(42)19-26)17-28(44)5-3-1-2-4-6-31(45)43-27-11-12-29-21(16-27)7-8-23(32(29)46)13-20-14-24(33(36,37)38)18-25(15-20)34(39,40)41;28-26(29,30)19-12-16(13-20(15-19)27(31,32)33)11-18-8-7-17-14-21(9-10-22(17)25(18)38)34-23(35)5-3-1-2-4-6-24(36)37/h9-16,18-19H,1-8,17,42H2,(H,43,45);9-15H,1-8H2,(H,34,35)(H,36,37)/b23-13+;18-11+. The lowest BCUT2D eigenvalue weighted by atomic mass is 9.85. The van der Waals surface area contributed by atoms with Gasteiger partial charge in [-0.3, -0.25) is 28.8 Å². The van der Waals surface area contributed by atoms with Gasteiger partial charge in [0, 0.05) is 71.4 Å². The first-order chi connectivity index (χ1) is 39.3. The van der Waals surface area contributed by atoms with Gasteiger partial charge >= 0.3 is 30.7 Å². The molecule has 10 nitrogen and oxygen atoms in total. The van der Waals surface area contributed by atoms with Gasteiger partial charge in [0.15, 0.2) is 11.6 Å². The number of nitrogen functional groups attached to an aromatic ring is 1. The summed E-state index contributed by atoms with van der Waals surface area (Å²) in [5, 5.41) is 14.1. The maximum atomic E-state index is 13.2. The van der Waals surface area contributed by atoms with E-state index in [0.717, 1.165) is 25.0 Å². The lowest BCUT2D eigenvalue weighted by Crippen LogP contribution is -2.16. The summed E-state index contributed by atoms with van der Waals surface area (Å²) in [5.41, 5.74) is 2.83. The van der Waals surface area contributed by atoms with Crippen molar-refractivity contribution in [3.63, 3.8) is 0 Å². The monoisotopic (exact) mass is 1190 g/mol. The lowest BCUT2D eigenvalue weighted by molar-refractivity contribution is -0.144. The number of alkyl halides is 12. The maximum absolute atomic E-state index is 13.2. The minimum atomic E-state index is -5.00. The number of allylic oxidation sites excluding steroid dienone is 2. The molecule has 5 N–H and O–H groups in total. The molecule has 0 spiro atoms. The zero-order chi connectivity index (χ0) is 61.7. The zero-order valence-corrected chi connectivity index (χ0v) is 44.7. The fraction of sp³-hybridized carbons (Fsp3) is 0.344. The Hall–Kier alpha value is -8.11. The number of carboxylic acid groups (broad SMARTS) is 1. The molecule has 0 heterocycles. The number of unbranched alkanes of at least 4 members (excludes halogenated alkanes) is 6. The van der Waals surface area contributed by atoms with E-state index < -0.39 is 70.3 Å². The molecular formula is C61H56F13N3O7. The van der Waals surface area contributed by atoms with Gasteiger partial charge in [-0.1, -0.05) is 31.7 Å². The Morgan fingerprint density at radius 1 is 0.476 bits per heavy atom. The van der Waals surface area contributed by atoms with Gasteiger partial charge < -0.3 is 21.5 Å². The van der Waals surface area contributed by atoms with E-state index in [2.05, 4.69) is 10.6 Å². The summed E-state index contributed by atoms with van der Waals surface area (Å²) in [6.07, 6.45) is -10.7. The second-order valence-corrected chi connectivity index (χ2v) is 20.3. The third-order valence-corrected chi connectivity index (χ3v) is 13.7. The van der Waals surface area contributed by atoms with Gasteiger partial charge in [0.05, 0.1) is 22.3 Å². The van der Waals surface area contributed by atoms with Crippen LogP contribution in [0, 0.1) is 5.82 Å². The average molecular weight is 1190 g/mol. The highest BCUT2D eigenvalue weighted by atomic mass is 19.4. The van der Waals surface area contributed by atoms with Crippen LogP contribution in [-0.2, 0) is 63.1 Å². The number of ketones is 3. The van der Waals surface area contributed by atoms with Crippen LogP contribution < -0.4 is 16.4 Å². The zero-order valence-electron chi connectivity index (χ0n) is 44.7. The van der Waals surface area contributed by atoms with E-state index in [1.165, 1.54) is 42.5 Å². The van der Waals surface area contributed by atoms with Crippen molar-refractivity contribution in [1.82, 2.24) is 0 Å². The minimum Gasteiger partial charge on any atom is -0.481 e. The molecular weight excluding hydrogens is 1130 g/mol. The molecule has 23 heteroatoms. The first-order valence-corrected chi connectivity index (χ1v) is 26.6. The van der Waals surface area contributed by atoms with Gasteiger partial charge in [0.25, 0.3) is 0 Å². The molecule has 0 radical (unpaired) electrons. The molecule has 2 aliphatic rings. The van der Waals surface area contributed by atoms with Crippen LogP contribution in [0.15, 0.2) is 102 Å². The fourth-order valence-electron chi connectivity index (χ4n) is 9.46. The number of hydrogen-bond acceptors (Lipinski definition) is 7. The number of anilines is 3. The fourth-order valence-corrected chi connectivity index (χ4v) is 9.46. The van der Waals surface area contributed by atoms with Crippen LogP contribution in [0.3, 0.4) is 0 Å². The molecule has 0 saturated carbocycles. The van der Waals surface area contributed by atoms with Crippen LogP contribution in [0.5, 0.6) is 0 Å². The summed E-state index contributed by atoms with van der Waals surface area (Å²) in [6.45, 7) is 0. The number of carbonyl (C=O) groups is 6. The maximum Gasteiger partial charge on any atom is 0.416 e. The summed E-state index contributed by atoms with van der Waals surface area (Å²) in [7, 11) is 0. The van der Waals surface area contributed by atoms with Gasteiger partial charge in [0.1, 0.15) is 11.6 Å². The van der Waals surface area contributed by atoms with Crippen molar-refractivity contribution in [2.75, 3.05) is 16.4 Å². The Kier molecular flexibility index (Phi) is 21.7. The molecule has 0 bridgehead atoms. The van der Waals surface area contributed by atoms with E-state index in [4.69, 9.17) is 10.8 Å². The highest BCUT2D eigenvalue weighted by molar-refractivity contribution is 6.14. The van der Waals surface area contributed by atoms with E-state index >= 15 is 0 Å². The lowest BCUT2D eigenvalue weighted by Gasteiger charge is -2.19. The Morgan fingerprint density at radius 2 is 0.857 bits per heavy atom. The number of aryl methyl sites for hydroxylation is 2. The van der Waals surface area contributed by atoms with Crippen LogP contribution in [0.4, 0.5) is 74.1 Å². The number of carbonyl (C=O) groups excluding carboxylic acids is 5. The van der Waals surface area contributed by atoms with E-state index in [-0.39, 0.29) is 107 Å². The third-order valence-electron chi connectivity index (χ3n) is 13.7. The Balaban J connectivity index is 0.000000275. The van der Waals surface area contributed by atoms with Crippen LogP contribution in [0.25, 0.3) is 12.2 Å². The van der Waals surface area contributed by atoms with Crippen molar-refractivity contribution in [1.29, 1.82) is 0 Å². The first-order valence-electron chi connectivity index (χ1n) is 26.6. The summed E-state index contributed by atoms with van der Waals surface area (Å²) < 4.78 is 172. The molecule has 2 aliphatic carbocycles. The predicted molar refractivity (Wildman–Crippen MR) is 287 cm³/mol. The normalized spacial score (nSPS) is 14.6. The quantitative estimate of drug-likeness (QED) is 0.0258. The number of rotatable bonds is 20. The van der Waals surface area contributed by atoms with E-state index in [9.17, 15) is 85.8 Å². The SMILES string of the molecule is Nc1cc(F)ccc1CC(=O)CCCCCCC(=O)Nc1ccc2c(c1)CC/C(=C\c1cc(C(F)(F)F)cc(C(F)(F)F)c1)C2=O.O=C(O)CCCCCCC(=O)Nc1ccc2c(c1)CC/C(=C\c1cc(C(F)(F)F)cc(C(F)(F)F)c1)C2=O. The molecule has 448 valence electrons. The summed E-state index contributed by atoms with van der Waals surface area (Å²) in [4.78, 5) is 73.4. The molecule has 0 saturated heterocycles. The third kappa shape index (κ3) is 19.2. The van der Waals surface area contributed by atoms with Crippen molar-refractivity contribution in [2.45, 2.75) is 134 Å². The number of amides is 2. The van der Waals surface area contributed by atoms with Crippen LogP contribution in [0.2, 0.25) is 0 Å². The molecule has 0 atom stereocenters. The number of hydrogen-bond donors (Lipinski definition) is 4. The molecule has 5 aromatic rings. The van der Waals surface area contributed by atoms with Crippen LogP contribution >= 0.6 is 0 Å². The van der Waals surface area contributed by atoms with Gasteiger partial charge in [-0.15, -0.1) is 0 Å². The molecule has 7 rings (SSSR count). The van der Waals surface area contributed by atoms with Gasteiger partial charge in [-0.2, -0.15) is 52.7 Å². The highest BCUT2D eigenvalue weighted by Crippen LogP contribution is 2.40.